The molecular formula is C15H20ClNO3S. The fraction of sp³-hybridized carbons (Fsp3) is 0.467. The molecule has 2 N–H and O–H groups in total. The van der Waals surface area contributed by atoms with E-state index >= 15 is 0 Å². The van der Waals surface area contributed by atoms with Crippen molar-refractivity contribution < 1.29 is 14.7 Å². The lowest BCUT2D eigenvalue weighted by Gasteiger charge is -2.31. The van der Waals surface area contributed by atoms with Crippen molar-refractivity contribution in [2.75, 3.05) is 5.75 Å². The van der Waals surface area contributed by atoms with Crippen molar-refractivity contribution in [3.63, 3.8) is 0 Å². The average molecular weight is 330 g/mol. The summed E-state index contributed by atoms with van der Waals surface area (Å²) in [5.41, 5.74) is -0.663. The van der Waals surface area contributed by atoms with Gasteiger partial charge in [0.15, 0.2) is 0 Å². The molecule has 1 rings (SSSR count). The average Bonchev–Trinajstić information content (AvgIpc) is 2.45. The first-order valence-corrected chi connectivity index (χ1v) is 8.18. The van der Waals surface area contributed by atoms with Crippen LogP contribution in [0.5, 0.6) is 0 Å². The Morgan fingerprint density at radius 1 is 1.24 bits per heavy atom. The van der Waals surface area contributed by atoms with Gasteiger partial charge in [-0.2, -0.15) is 0 Å². The number of benzene rings is 1. The van der Waals surface area contributed by atoms with Crippen LogP contribution in [0.25, 0.3) is 0 Å². The molecule has 1 aromatic carbocycles. The highest BCUT2D eigenvalue weighted by atomic mass is 35.5. The van der Waals surface area contributed by atoms with Crippen LogP contribution in [0.4, 0.5) is 0 Å². The molecule has 0 heterocycles. The van der Waals surface area contributed by atoms with E-state index in [4.69, 9.17) is 16.7 Å². The Morgan fingerprint density at radius 2 is 1.81 bits per heavy atom. The Labute approximate surface area is 134 Å². The van der Waals surface area contributed by atoms with Crippen molar-refractivity contribution in [3.05, 3.63) is 29.3 Å². The Kier molecular flexibility index (Phi) is 7.05. The minimum atomic E-state index is -0.899. The van der Waals surface area contributed by atoms with Crippen LogP contribution in [-0.4, -0.2) is 28.3 Å². The maximum Gasteiger partial charge on any atom is 0.305 e. The van der Waals surface area contributed by atoms with Crippen molar-refractivity contribution in [3.8, 4) is 0 Å². The summed E-state index contributed by atoms with van der Waals surface area (Å²) in [7, 11) is 0. The topological polar surface area (TPSA) is 66.4 Å². The molecule has 0 radical (unpaired) electrons. The summed E-state index contributed by atoms with van der Waals surface area (Å²) >= 11 is 7.20. The van der Waals surface area contributed by atoms with Crippen molar-refractivity contribution in [2.45, 2.75) is 43.5 Å². The van der Waals surface area contributed by atoms with Crippen LogP contribution >= 0.6 is 23.4 Å². The highest BCUT2D eigenvalue weighted by Gasteiger charge is 2.30. The lowest BCUT2D eigenvalue weighted by Crippen LogP contribution is -2.49. The van der Waals surface area contributed by atoms with Gasteiger partial charge >= 0.3 is 5.97 Å². The van der Waals surface area contributed by atoms with E-state index in [-0.39, 0.29) is 18.1 Å². The predicted octanol–water partition coefficient (Wildman–Crippen LogP) is 3.58. The van der Waals surface area contributed by atoms with Gasteiger partial charge < -0.3 is 10.4 Å². The number of amides is 1. The first kappa shape index (κ1) is 17.9. The van der Waals surface area contributed by atoms with Crippen LogP contribution < -0.4 is 5.32 Å². The smallest absolute Gasteiger partial charge is 0.305 e. The van der Waals surface area contributed by atoms with E-state index in [2.05, 4.69) is 5.32 Å². The largest absolute Gasteiger partial charge is 0.481 e. The predicted molar refractivity (Wildman–Crippen MR) is 85.9 cm³/mol. The summed E-state index contributed by atoms with van der Waals surface area (Å²) in [6, 6.07) is 7.25. The summed E-state index contributed by atoms with van der Waals surface area (Å²) in [5, 5.41) is 12.5. The van der Waals surface area contributed by atoms with Crippen LogP contribution in [0.15, 0.2) is 29.2 Å². The van der Waals surface area contributed by atoms with Crippen molar-refractivity contribution in [1.82, 2.24) is 5.32 Å². The fourth-order valence-electron chi connectivity index (χ4n) is 2.02. The van der Waals surface area contributed by atoms with Gasteiger partial charge in [0.2, 0.25) is 5.91 Å². The summed E-state index contributed by atoms with van der Waals surface area (Å²) in [6.07, 6.45) is 1.12. The molecule has 1 aromatic rings. The molecular weight excluding hydrogens is 310 g/mol. The van der Waals surface area contributed by atoms with Gasteiger partial charge in [0.25, 0.3) is 0 Å². The van der Waals surface area contributed by atoms with Crippen molar-refractivity contribution >= 4 is 35.2 Å². The van der Waals surface area contributed by atoms with E-state index in [1.54, 1.807) is 12.1 Å². The maximum atomic E-state index is 12.0. The number of carboxylic acid groups (broad SMARTS) is 1. The minimum Gasteiger partial charge on any atom is -0.481 e. The quantitative estimate of drug-likeness (QED) is 0.715. The number of halogens is 1. The normalized spacial score (nSPS) is 11.2. The molecule has 0 aliphatic carbocycles. The summed E-state index contributed by atoms with van der Waals surface area (Å²) in [5.74, 6) is -0.799. The van der Waals surface area contributed by atoms with E-state index < -0.39 is 11.5 Å². The van der Waals surface area contributed by atoms with Gasteiger partial charge in [0.05, 0.1) is 12.2 Å². The number of nitrogens with one attached hydrogen (secondary N) is 1. The van der Waals surface area contributed by atoms with Crippen LogP contribution in [0, 0.1) is 0 Å². The number of carbonyl (C=O) groups is 2. The van der Waals surface area contributed by atoms with Crippen LogP contribution in [0.2, 0.25) is 5.02 Å². The Balaban J connectivity index is 2.57. The number of hydrogen-bond donors (Lipinski definition) is 2. The molecule has 0 fully saturated rings. The molecule has 21 heavy (non-hydrogen) atoms. The van der Waals surface area contributed by atoms with E-state index in [0.717, 1.165) is 4.90 Å². The van der Waals surface area contributed by atoms with Gasteiger partial charge in [0, 0.05) is 15.5 Å². The minimum absolute atomic E-state index is 0.0582. The molecule has 0 atom stereocenters. The molecule has 6 heteroatoms. The number of aliphatic carboxylic acids is 1. The Bertz CT molecular complexity index is 486. The molecule has 4 nitrogen and oxygen atoms in total. The Hall–Kier alpha value is -1.20. The standard InChI is InChI=1S/C15H20ClNO3S/c1-3-15(4-2,9-14(19)20)17-13(18)10-21-12-7-5-11(16)6-8-12/h5-8H,3-4,9-10H2,1-2H3,(H,17,18)(H,19,20). The highest BCUT2D eigenvalue weighted by Crippen LogP contribution is 2.22. The molecule has 0 spiro atoms. The highest BCUT2D eigenvalue weighted by molar-refractivity contribution is 8.00. The van der Waals surface area contributed by atoms with Gasteiger partial charge in [-0.3, -0.25) is 9.59 Å². The fourth-order valence-corrected chi connectivity index (χ4v) is 2.85. The zero-order chi connectivity index (χ0) is 15.9. The number of rotatable bonds is 8. The second-order valence-electron chi connectivity index (χ2n) is 4.85. The third-order valence-electron chi connectivity index (χ3n) is 3.43. The molecule has 0 aliphatic rings. The number of thioether (sulfide) groups is 1. The lowest BCUT2D eigenvalue weighted by atomic mass is 9.89. The van der Waals surface area contributed by atoms with Gasteiger partial charge in [0.1, 0.15) is 0 Å². The number of hydrogen-bond acceptors (Lipinski definition) is 3. The first-order chi connectivity index (χ1) is 9.90. The lowest BCUT2D eigenvalue weighted by molar-refractivity contribution is -0.139. The summed E-state index contributed by atoms with van der Waals surface area (Å²) in [6.45, 7) is 3.78. The third kappa shape index (κ3) is 5.98. The molecule has 1 amide bonds. The first-order valence-electron chi connectivity index (χ1n) is 6.82. The second kappa shape index (κ2) is 8.29. The molecule has 0 saturated heterocycles. The molecule has 0 bridgehead atoms. The van der Waals surface area contributed by atoms with Crippen LogP contribution in [0.3, 0.4) is 0 Å². The van der Waals surface area contributed by atoms with Crippen molar-refractivity contribution in [1.29, 1.82) is 0 Å². The third-order valence-corrected chi connectivity index (χ3v) is 4.70. The van der Waals surface area contributed by atoms with Gasteiger partial charge in [-0.1, -0.05) is 25.4 Å². The molecule has 116 valence electrons. The SMILES string of the molecule is CCC(CC)(CC(=O)O)NC(=O)CSc1ccc(Cl)cc1. The van der Waals surface area contributed by atoms with E-state index in [1.807, 2.05) is 26.0 Å². The van der Waals surface area contributed by atoms with E-state index in [1.165, 1.54) is 11.8 Å². The monoisotopic (exact) mass is 329 g/mol. The molecule has 0 aliphatic heterocycles. The molecule has 0 saturated carbocycles. The molecule has 0 aromatic heterocycles. The number of carboxylic acids is 1. The second-order valence-corrected chi connectivity index (χ2v) is 6.33. The van der Waals surface area contributed by atoms with E-state index in [9.17, 15) is 9.59 Å². The summed E-state index contributed by atoms with van der Waals surface area (Å²) < 4.78 is 0. The number of carbonyl (C=O) groups excluding carboxylic acids is 1. The molecule has 0 unspecified atom stereocenters. The van der Waals surface area contributed by atoms with Gasteiger partial charge in [-0.05, 0) is 37.1 Å². The van der Waals surface area contributed by atoms with Crippen LogP contribution in [0.1, 0.15) is 33.1 Å². The zero-order valence-electron chi connectivity index (χ0n) is 12.2. The van der Waals surface area contributed by atoms with Crippen molar-refractivity contribution in [2.24, 2.45) is 0 Å². The summed E-state index contributed by atoms with van der Waals surface area (Å²) in [4.78, 5) is 24.0. The maximum absolute atomic E-state index is 12.0. The Morgan fingerprint density at radius 3 is 2.29 bits per heavy atom. The van der Waals surface area contributed by atoms with Gasteiger partial charge in [-0.15, -0.1) is 11.8 Å². The van der Waals surface area contributed by atoms with Crippen LogP contribution in [-0.2, 0) is 9.59 Å². The van der Waals surface area contributed by atoms with E-state index in [0.29, 0.717) is 17.9 Å². The zero-order valence-corrected chi connectivity index (χ0v) is 13.8. The van der Waals surface area contributed by atoms with Gasteiger partial charge in [-0.25, -0.2) is 0 Å².